The molecule has 5 heteroatoms. The first-order valence-corrected chi connectivity index (χ1v) is 11.4. The molecule has 0 radical (unpaired) electrons. The summed E-state index contributed by atoms with van der Waals surface area (Å²) in [6.07, 6.45) is 2.31. The van der Waals surface area contributed by atoms with E-state index in [0.717, 1.165) is 16.7 Å². The molecule has 0 aromatic heterocycles. The van der Waals surface area contributed by atoms with E-state index in [4.69, 9.17) is 4.74 Å². The first-order valence-electron chi connectivity index (χ1n) is 11.4. The van der Waals surface area contributed by atoms with Gasteiger partial charge in [0.2, 0.25) is 0 Å². The number of esters is 1. The highest BCUT2D eigenvalue weighted by atomic mass is 16.5. The van der Waals surface area contributed by atoms with Gasteiger partial charge >= 0.3 is 5.97 Å². The number of carbonyl (C=O) groups is 3. The van der Waals surface area contributed by atoms with E-state index in [1.807, 2.05) is 91.0 Å². The summed E-state index contributed by atoms with van der Waals surface area (Å²) >= 11 is 0. The minimum atomic E-state index is -0.731. The molecule has 34 heavy (non-hydrogen) atoms. The minimum absolute atomic E-state index is 0.112. The Bertz CT molecular complexity index is 1140. The average molecular weight is 454 g/mol. The lowest BCUT2D eigenvalue weighted by Crippen LogP contribution is -2.38. The summed E-state index contributed by atoms with van der Waals surface area (Å²) in [4.78, 5) is 38.5. The topological polar surface area (TPSA) is 72.5 Å². The first-order chi connectivity index (χ1) is 16.6. The van der Waals surface area contributed by atoms with Crippen LogP contribution in [-0.4, -0.2) is 23.6 Å². The van der Waals surface area contributed by atoms with Gasteiger partial charge in [0.05, 0.1) is 5.57 Å². The van der Waals surface area contributed by atoms with Crippen molar-refractivity contribution in [2.75, 3.05) is 0 Å². The van der Waals surface area contributed by atoms with Crippen molar-refractivity contribution in [3.05, 3.63) is 119 Å². The van der Waals surface area contributed by atoms with E-state index in [1.165, 1.54) is 6.20 Å². The van der Waals surface area contributed by atoms with Crippen molar-refractivity contribution in [3.8, 4) is 0 Å². The molecular weight excluding hydrogens is 426 g/mol. The van der Waals surface area contributed by atoms with E-state index in [9.17, 15) is 14.4 Å². The quantitative estimate of drug-likeness (QED) is 0.308. The fourth-order valence-electron chi connectivity index (χ4n) is 4.09. The standard InChI is InChI=1S/C29H27NO4/c31-27-17-24(23-14-8-3-9-15-23)18-28(32)25(27)19-30-26(16-21-10-4-1-5-11-21)29(33)34-20-22-12-6-2-7-13-22/h1-15,19,24,26,30H,16-18,20H2/t24?,26-/m0/s1. The molecule has 0 bridgehead atoms. The molecule has 0 unspecified atom stereocenters. The highest BCUT2D eigenvalue weighted by Gasteiger charge is 2.31. The Balaban J connectivity index is 1.46. The van der Waals surface area contributed by atoms with Crippen LogP contribution in [0, 0.1) is 0 Å². The highest BCUT2D eigenvalue weighted by molar-refractivity contribution is 6.22. The second-order valence-electron chi connectivity index (χ2n) is 8.42. The van der Waals surface area contributed by atoms with Crippen LogP contribution in [0.15, 0.2) is 103 Å². The molecule has 1 atom stereocenters. The Morgan fingerprint density at radius 2 is 1.35 bits per heavy atom. The van der Waals surface area contributed by atoms with Gasteiger partial charge in [0.15, 0.2) is 11.6 Å². The molecule has 0 aliphatic heterocycles. The maximum absolute atomic E-state index is 12.9. The second kappa shape index (κ2) is 11.2. The van der Waals surface area contributed by atoms with Crippen LogP contribution in [0.3, 0.4) is 0 Å². The molecule has 5 nitrogen and oxygen atoms in total. The monoisotopic (exact) mass is 453 g/mol. The van der Waals surface area contributed by atoms with Gasteiger partial charge < -0.3 is 10.1 Å². The molecule has 1 fully saturated rings. The minimum Gasteiger partial charge on any atom is -0.459 e. The Hall–Kier alpha value is -3.99. The summed E-state index contributed by atoms with van der Waals surface area (Å²) in [5, 5.41) is 3.01. The van der Waals surface area contributed by atoms with Gasteiger partial charge in [0.1, 0.15) is 12.6 Å². The zero-order valence-corrected chi connectivity index (χ0v) is 18.9. The Morgan fingerprint density at radius 1 is 0.824 bits per heavy atom. The normalized spacial score (nSPS) is 16.6. The third-order valence-corrected chi connectivity index (χ3v) is 5.96. The lowest BCUT2D eigenvalue weighted by molar-refractivity contribution is -0.147. The molecule has 1 aliphatic rings. The van der Waals surface area contributed by atoms with Crippen LogP contribution in [0.5, 0.6) is 0 Å². The third kappa shape index (κ3) is 6.07. The van der Waals surface area contributed by atoms with Crippen molar-refractivity contribution in [1.82, 2.24) is 5.32 Å². The van der Waals surface area contributed by atoms with Crippen LogP contribution in [0.25, 0.3) is 0 Å². The van der Waals surface area contributed by atoms with Gasteiger partial charge in [-0.2, -0.15) is 0 Å². The van der Waals surface area contributed by atoms with Gasteiger partial charge in [0.25, 0.3) is 0 Å². The molecule has 4 rings (SSSR count). The number of ether oxygens (including phenoxy) is 1. The molecule has 0 spiro atoms. The fourth-order valence-corrected chi connectivity index (χ4v) is 4.09. The van der Waals surface area contributed by atoms with E-state index in [-0.39, 0.29) is 42.5 Å². The molecule has 1 aliphatic carbocycles. The third-order valence-electron chi connectivity index (χ3n) is 5.96. The molecule has 0 heterocycles. The number of hydrogen-bond acceptors (Lipinski definition) is 5. The van der Waals surface area contributed by atoms with Crippen molar-refractivity contribution in [3.63, 3.8) is 0 Å². The van der Waals surface area contributed by atoms with Crippen molar-refractivity contribution in [2.45, 2.75) is 37.8 Å². The summed E-state index contributed by atoms with van der Waals surface area (Å²) in [7, 11) is 0. The van der Waals surface area contributed by atoms with Gasteiger partial charge in [-0.1, -0.05) is 91.0 Å². The van der Waals surface area contributed by atoms with Crippen molar-refractivity contribution >= 4 is 17.5 Å². The number of ketones is 2. The van der Waals surface area contributed by atoms with Crippen LogP contribution in [0.2, 0.25) is 0 Å². The maximum atomic E-state index is 12.9. The summed E-state index contributed by atoms with van der Waals surface area (Å²) in [6.45, 7) is 0.153. The number of benzene rings is 3. The maximum Gasteiger partial charge on any atom is 0.329 e. The summed E-state index contributed by atoms with van der Waals surface area (Å²) in [6, 6.07) is 27.9. The number of carbonyl (C=O) groups excluding carboxylic acids is 3. The van der Waals surface area contributed by atoms with Crippen LogP contribution in [0.1, 0.15) is 35.4 Å². The van der Waals surface area contributed by atoms with E-state index < -0.39 is 12.0 Å². The molecule has 1 saturated carbocycles. The molecule has 3 aromatic rings. The molecule has 0 saturated heterocycles. The molecule has 0 amide bonds. The second-order valence-corrected chi connectivity index (χ2v) is 8.42. The lowest BCUT2D eigenvalue weighted by atomic mass is 9.80. The SMILES string of the molecule is O=C1CC(c2ccccc2)CC(=O)C1=CN[C@@H](Cc1ccccc1)C(=O)OCc1ccccc1. The van der Waals surface area contributed by atoms with Gasteiger partial charge in [-0.05, 0) is 22.6 Å². The largest absolute Gasteiger partial charge is 0.459 e. The smallest absolute Gasteiger partial charge is 0.329 e. The molecule has 1 N–H and O–H groups in total. The first kappa shape index (κ1) is 23.2. The van der Waals surface area contributed by atoms with Crippen molar-refractivity contribution in [2.24, 2.45) is 0 Å². The van der Waals surface area contributed by atoms with E-state index in [2.05, 4.69) is 5.32 Å². The Kier molecular flexibility index (Phi) is 7.66. The number of hydrogen-bond donors (Lipinski definition) is 1. The van der Waals surface area contributed by atoms with Crippen molar-refractivity contribution in [1.29, 1.82) is 0 Å². The van der Waals surface area contributed by atoms with E-state index in [1.54, 1.807) is 0 Å². The lowest BCUT2D eigenvalue weighted by Gasteiger charge is -2.23. The predicted octanol–water partition coefficient (Wildman–Crippen LogP) is 4.53. The van der Waals surface area contributed by atoms with E-state index >= 15 is 0 Å². The van der Waals surface area contributed by atoms with E-state index in [0.29, 0.717) is 6.42 Å². The number of allylic oxidation sites excluding steroid dienone is 1. The molecule has 3 aromatic carbocycles. The Labute approximate surface area is 199 Å². The number of Topliss-reactive ketones (excluding diaryl/α,β-unsaturated/α-hetero) is 2. The number of rotatable bonds is 8. The van der Waals surface area contributed by atoms with Crippen LogP contribution >= 0.6 is 0 Å². The predicted molar refractivity (Wildman–Crippen MR) is 130 cm³/mol. The molecule has 172 valence electrons. The molecular formula is C29H27NO4. The van der Waals surface area contributed by atoms with Crippen LogP contribution in [-0.2, 0) is 32.1 Å². The van der Waals surface area contributed by atoms with Gasteiger partial charge in [-0.15, -0.1) is 0 Å². The van der Waals surface area contributed by atoms with Gasteiger partial charge in [-0.25, -0.2) is 4.79 Å². The van der Waals surface area contributed by atoms with Crippen LogP contribution in [0.4, 0.5) is 0 Å². The summed E-state index contributed by atoms with van der Waals surface area (Å²) < 4.78 is 5.53. The van der Waals surface area contributed by atoms with Crippen molar-refractivity contribution < 1.29 is 19.1 Å². The summed E-state index contributed by atoms with van der Waals surface area (Å²) in [5.74, 6) is -0.987. The average Bonchev–Trinajstić information content (AvgIpc) is 2.87. The summed E-state index contributed by atoms with van der Waals surface area (Å²) in [5.41, 5.74) is 2.93. The zero-order valence-electron chi connectivity index (χ0n) is 18.9. The van der Waals surface area contributed by atoms with Crippen LogP contribution < -0.4 is 5.32 Å². The van der Waals surface area contributed by atoms with Gasteiger partial charge in [0, 0.05) is 25.5 Å². The number of nitrogens with one attached hydrogen (secondary N) is 1. The fraction of sp³-hybridized carbons (Fsp3) is 0.207. The van der Waals surface area contributed by atoms with Gasteiger partial charge in [-0.3, -0.25) is 9.59 Å². The highest BCUT2D eigenvalue weighted by Crippen LogP contribution is 2.31. The zero-order chi connectivity index (χ0) is 23.8. The Morgan fingerprint density at radius 3 is 1.94 bits per heavy atom.